The second-order valence-corrected chi connectivity index (χ2v) is 13.9. The van der Waals surface area contributed by atoms with E-state index in [1.807, 2.05) is 36.1 Å². The van der Waals surface area contributed by atoms with Gasteiger partial charge in [0.15, 0.2) is 0 Å². The summed E-state index contributed by atoms with van der Waals surface area (Å²) in [7, 11) is 0. The molecule has 0 bridgehead atoms. The van der Waals surface area contributed by atoms with Crippen LogP contribution in [0.15, 0.2) is 30.5 Å². The van der Waals surface area contributed by atoms with Crippen molar-refractivity contribution in [1.82, 2.24) is 24.5 Å². The van der Waals surface area contributed by atoms with Crippen LogP contribution in [-0.2, 0) is 4.74 Å². The number of unbranched alkanes of at least 4 members (excludes halogenated alkanes) is 1. The third-order valence-electron chi connectivity index (χ3n) is 11.1. The molecule has 4 aliphatic rings. The van der Waals surface area contributed by atoms with Gasteiger partial charge in [-0.1, -0.05) is 56.7 Å². The molecule has 3 saturated heterocycles. The third kappa shape index (κ3) is 6.49. The molecule has 9 nitrogen and oxygen atoms in total. The highest BCUT2D eigenvalue weighted by atomic mass is 16.6. The summed E-state index contributed by atoms with van der Waals surface area (Å²) in [5, 5.41) is 4.42. The van der Waals surface area contributed by atoms with Gasteiger partial charge in [0.25, 0.3) is 5.91 Å². The van der Waals surface area contributed by atoms with Crippen molar-refractivity contribution in [2.24, 2.45) is 11.8 Å². The van der Waals surface area contributed by atoms with E-state index in [-0.39, 0.29) is 17.6 Å². The number of aryl methyl sites for hydroxylation is 1. The number of ether oxygens (including phenoxy) is 1. The van der Waals surface area contributed by atoms with Crippen LogP contribution in [0.4, 0.5) is 10.6 Å². The monoisotopic (exact) mass is 604 g/mol. The van der Waals surface area contributed by atoms with E-state index in [0.717, 1.165) is 69.5 Å². The van der Waals surface area contributed by atoms with E-state index < -0.39 is 0 Å². The summed E-state index contributed by atoms with van der Waals surface area (Å²) in [5.41, 5.74) is 8.57. The maximum Gasteiger partial charge on any atom is 0.410 e. The normalized spacial score (nSPS) is 23.7. The van der Waals surface area contributed by atoms with E-state index >= 15 is 0 Å². The number of hydrogen-bond acceptors (Lipinski definition) is 6. The molecule has 240 valence electrons. The summed E-state index contributed by atoms with van der Waals surface area (Å²) in [5.74, 6) is 1.40. The van der Waals surface area contributed by atoms with E-state index in [0.29, 0.717) is 42.3 Å². The van der Waals surface area contributed by atoms with Crippen molar-refractivity contribution in [2.45, 2.75) is 103 Å². The van der Waals surface area contributed by atoms with E-state index in [9.17, 15) is 9.59 Å². The number of nitrogens with zero attached hydrogens (tertiary/aromatic N) is 5. The van der Waals surface area contributed by atoms with Gasteiger partial charge in [0, 0.05) is 64.1 Å². The average Bonchev–Trinajstić information content (AvgIpc) is 3.43. The number of benzene rings is 1. The summed E-state index contributed by atoms with van der Waals surface area (Å²) < 4.78 is 8.09. The Bertz CT molecular complexity index is 1270. The standard InChI is InChI=1S/C35H52N6O3/c1-3-4-10-28-25-40(24-27-8-6-5-7-9-27)34(43)44-35(28)17-21-38(22-18-35)29-15-19-39(20-16-29)33(42)31-23-37-41(32(31)36)30-13-11-26(2)12-14-30/h11-14,23,27-29H,3-10,15-22,24-25,36H2,1-2H3. The zero-order valence-corrected chi connectivity index (χ0v) is 26.9. The number of carbonyl (C=O) groups excluding carboxylic acids is 2. The molecule has 2 N–H and O–H groups in total. The fraction of sp³-hybridized carbons (Fsp3) is 0.686. The first-order chi connectivity index (χ1) is 21.4. The molecule has 3 aliphatic heterocycles. The average molecular weight is 605 g/mol. The zero-order chi connectivity index (χ0) is 30.7. The Morgan fingerprint density at radius 3 is 2.41 bits per heavy atom. The summed E-state index contributed by atoms with van der Waals surface area (Å²) in [6, 6.07) is 8.41. The minimum atomic E-state index is -0.322. The van der Waals surface area contributed by atoms with Crippen LogP contribution >= 0.6 is 0 Å². The van der Waals surface area contributed by atoms with Gasteiger partial charge in [0.2, 0.25) is 0 Å². The molecule has 0 radical (unpaired) electrons. The highest BCUT2D eigenvalue weighted by Crippen LogP contribution is 2.42. The van der Waals surface area contributed by atoms with Gasteiger partial charge >= 0.3 is 6.09 Å². The molecule has 2 aromatic rings. The lowest BCUT2D eigenvalue weighted by molar-refractivity contribution is -0.127. The molecule has 2 amide bonds. The molecule has 1 aromatic carbocycles. The van der Waals surface area contributed by atoms with Gasteiger partial charge in [-0.2, -0.15) is 5.10 Å². The van der Waals surface area contributed by atoms with Crippen LogP contribution in [0, 0.1) is 18.8 Å². The summed E-state index contributed by atoms with van der Waals surface area (Å²) in [4.78, 5) is 33.3. The van der Waals surface area contributed by atoms with Crippen LogP contribution in [0.3, 0.4) is 0 Å². The van der Waals surface area contributed by atoms with Gasteiger partial charge in [-0.05, 0) is 57.1 Å². The lowest BCUT2D eigenvalue weighted by Gasteiger charge is -2.52. The number of hydrogen-bond donors (Lipinski definition) is 1. The number of aromatic nitrogens is 2. The Morgan fingerprint density at radius 2 is 1.73 bits per heavy atom. The summed E-state index contributed by atoms with van der Waals surface area (Å²) in [6.07, 6.45) is 15.2. The molecule has 1 saturated carbocycles. The first kappa shape index (κ1) is 30.9. The molecule has 1 atom stereocenters. The zero-order valence-electron chi connectivity index (χ0n) is 26.9. The second kappa shape index (κ2) is 13.5. The maximum absolute atomic E-state index is 13.4. The molecule has 4 fully saturated rings. The predicted octanol–water partition coefficient (Wildman–Crippen LogP) is 6.04. The van der Waals surface area contributed by atoms with E-state index in [2.05, 4.69) is 21.8 Å². The highest BCUT2D eigenvalue weighted by Gasteiger charge is 2.50. The predicted molar refractivity (Wildman–Crippen MR) is 173 cm³/mol. The molecular weight excluding hydrogens is 552 g/mol. The van der Waals surface area contributed by atoms with Crippen LogP contribution in [0.2, 0.25) is 0 Å². The van der Waals surface area contributed by atoms with Gasteiger partial charge in [0.05, 0.1) is 11.9 Å². The fourth-order valence-corrected chi connectivity index (χ4v) is 8.26. The smallest absolute Gasteiger partial charge is 0.410 e. The number of amides is 2. The van der Waals surface area contributed by atoms with E-state index in [4.69, 9.17) is 10.5 Å². The SMILES string of the molecule is CCCCC1CN(CC2CCCCC2)C(=O)OC12CCN(C1CCN(C(=O)c3cnn(-c4ccc(C)cc4)c3N)CC1)CC2. The topological polar surface area (TPSA) is 96.9 Å². The minimum Gasteiger partial charge on any atom is -0.442 e. The minimum absolute atomic E-state index is 0.0393. The molecule has 1 unspecified atom stereocenters. The van der Waals surface area contributed by atoms with Crippen molar-refractivity contribution in [3.8, 4) is 5.69 Å². The number of nitrogen functional groups attached to an aromatic ring is 1. The molecule has 4 heterocycles. The van der Waals surface area contributed by atoms with Crippen molar-refractivity contribution >= 4 is 17.8 Å². The van der Waals surface area contributed by atoms with Crippen LogP contribution in [0.1, 0.15) is 99.9 Å². The number of rotatable bonds is 8. The van der Waals surface area contributed by atoms with Gasteiger partial charge in [-0.3, -0.25) is 9.69 Å². The number of anilines is 1. The molecule has 9 heteroatoms. The molecule has 1 aliphatic carbocycles. The van der Waals surface area contributed by atoms with Crippen molar-refractivity contribution in [3.63, 3.8) is 0 Å². The van der Waals surface area contributed by atoms with Crippen LogP contribution < -0.4 is 5.73 Å². The Morgan fingerprint density at radius 1 is 1.02 bits per heavy atom. The number of piperidine rings is 2. The van der Waals surface area contributed by atoms with Gasteiger partial charge < -0.3 is 20.3 Å². The quantitative estimate of drug-likeness (QED) is 0.395. The third-order valence-corrected chi connectivity index (χ3v) is 11.1. The van der Waals surface area contributed by atoms with Crippen LogP contribution in [0.5, 0.6) is 0 Å². The second-order valence-electron chi connectivity index (χ2n) is 13.9. The van der Waals surface area contributed by atoms with Crippen molar-refractivity contribution in [2.75, 3.05) is 45.0 Å². The van der Waals surface area contributed by atoms with Crippen LogP contribution in [-0.4, -0.2) is 87.4 Å². The number of carbonyl (C=O) groups is 2. The first-order valence-electron chi connectivity index (χ1n) is 17.3. The molecular formula is C35H52N6O3. The molecule has 1 aromatic heterocycles. The lowest BCUT2D eigenvalue weighted by atomic mass is 9.75. The van der Waals surface area contributed by atoms with E-state index in [1.54, 1.807) is 10.9 Å². The lowest BCUT2D eigenvalue weighted by Crippen LogP contribution is -2.61. The largest absolute Gasteiger partial charge is 0.442 e. The molecule has 1 spiro atoms. The van der Waals surface area contributed by atoms with Crippen LogP contribution in [0.25, 0.3) is 5.69 Å². The summed E-state index contributed by atoms with van der Waals surface area (Å²) in [6.45, 7) is 9.36. The van der Waals surface area contributed by atoms with Crippen molar-refractivity contribution in [3.05, 3.63) is 41.6 Å². The highest BCUT2D eigenvalue weighted by molar-refractivity contribution is 5.98. The maximum atomic E-state index is 13.4. The number of likely N-dealkylation sites (tertiary alicyclic amines) is 2. The van der Waals surface area contributed by atoms with E-state index in [1.165, 1.54) is 44.9 Å². The Hall–Kier alpha value is -3.07. The Balaban J connectivity index is 1.03. The molecule has 44 heavy (non-hydrogen) atoms. The van der Waals surface area contributed by atoms with Gasteiger partial charge in [-0.25, -0.2) is 9.48 Å². The van der Waals surface area contributed by atoms with Crippen molar-refractivity contribution < 1.29 is 14.3 Å². The summed E-state index contributed by atoms with van der Waals surface area (Å²) >= 11 is 0. The van der Waals surface area contributed by atoms with Gasteiger partial charge in [-0.15, -0.1) is 0 Å². The Labute approximate surface area is 263 Å². The number of nitrogens with two attached hydrogens (primary N) is 1. The van der Waals surface area contributed by atoms with Crippen molar-refractivity contribution in [1.29, 1.82) is 0 Å². The molecule has 6 rings (SSSR count). The first-order valence-corrected chi connectivity index (χ1v) is 17.3. The fourth-order valence-electron chi connectivity index (χ4n) is 8.26. The van der Waals surface area contributed by atoms with Gasteiger partial charge in [0.1, 0.15) is 17.0 Å². The Kier molecular flexibility index (Phi) is 9.50.